The van der Waals surface area contributed by atoms with Gasteiger partial charge in [0.25, 0.3) is 5.91 Å². The maximum absolute atomic E-state index is 12.4. The second kappa shape index (κ2) is 8.43. The van der Waals surface area contributed by atoms with Crippen LogP contribution in [0.5, 0.6) is 0 Å². The zero-order valence-corrected chi connectivity index (χ0v) is 17.5. The van der Waals surface area contributed by atoms with Crippen molar-refractivity contribution in [2.75, 3.05) is 36.5 Å². The smallest absolute Gasteiger partial charge is 0.253 e. The standard InChI is InChI=1S/C20H25N3O4S/c1-14-6-9-17(12-15(14)2)21-19(24)13-23(28(5,26)27)18-10-7-16(8-11-18)20(25)22(3)4/h6-12H,13H2,1-5H3,(H,21,24). The fourth-order valence-corrected chi connectivity index (χ4v) is 3.44. The van der Waals surface area contributed by atoms with E-state index >= 15 is 0 Å². The molecule has 0 saturated heterocycles. The van der Waals surface area contributed by atoms with E-state index in [0.717, 1.165) is 21.7 Å². The van der Waals surface area contributed by atoms with Gasteiger partial charge in [-0.25, -0.2) is 8.42 Å². The monoisotopic (exact) mass is 403 g/mol. The lowest BCUT2D eigenvalue weighted by Gasteiger charge is -2.22. The summed E-state index contributed by atoms with van der Waals surface area (Å²) in [5.41, 5.74) is 3.48. The Morgan fingerprint density at radius 1 is 0.964 bits per heavy atom. The van der Waals surface area contributed by atoms with Crippen molar-refractivity contribution in [1.82, 2.24) is 4.90 Å². The normalized spacial score (nSPS) is 11.0. The molecule has 150 valence electrons. The Labute approximate surface area is 166 Å². The van der Waals surface area contributed by atoms with Gasteiger partial charge in [0, 0.05) is 25.3 Å². The van der Waals surface area contributed by atoms with Gasteiger partial charge >= 0.3 is 0 Å². The van der Waals surface area contributed by atoms with E-state index in [2.05, 4.69) is 5.32 Å². The van der Waals surface area contributed by atoms with Gasteiger partial charge in [0.05, 0.1) is 11.9 Å². The molecular formula is C20H25N3O4S. The average Bonchev–Trinajstić information content (AvgIpc) is 2.61. The molecule has 0 spiro atoms. The van der Waals surface area contributed by atoms with Crippen molar-refractivity contribution >= 4 is 33.2 Å². The highest BCUT2D eigenvalue weighted by Gasteiger charge is 2.21. The molecule has 0 atom stereocenters. The van der Waals surface area contributed by atoms with E-state index < -0.39 is 15.9 Å². The summed E-state index contributed by atoms with van der Waals surface area (Å²) in [6, 6.07) is 11.6. The van der Waals surface area contributed by atoms with Gasteiger partial charge in [0.1, 0.15) is 6.54 Å². The number of benzene rings is 2. The zero-order chi connectivity index (χ0) is 21.1. The summed E-state index contributed by atoms with van der Waals surface area (Å²) in [4.78, 5) is 25.8. The molecule has 7 nitrogen and oxygen atoms in total. The number of anilines is 2. The molecule has 0 aromatic heterocycles. The lowest BCUT2D eigenvalue weighted by molar-refractivity contribution is -0.114. The van der Waals surface area contributed by atoms with Gasteiger partial charge in [0.15, 0.2) is 0 Å². The molecule has 0 bridgehead atoms. The van der Waals surface area contributed by atoms with E-state index in [1.54, 1.807) is 20.2 Å². The highest BCUT2D eigenvalue weighted by Crippen LogP contribution is 2.20. The van der Waals surface area contributed by atoms with E-state index in [4.69, 9.17) is 0 Å². The molecule has 0 fully saturated rings. The fourth-order valence-electron chi connectivity index (χ4n) is 2.58. The van der Waals surface area contributed by atoms with Crippen LogP contribution in [0, 0.1) is 13.8 Å². The molecule has 28 heavy (non-hydrogen) atoms. The predicted octanol–water partition coefficient (Wildman–Crippen LogP) is 2.41. The van der Waals surface area contributed by atoms with Gasteiger partial charge in [-0.15, -0.1) is 0 Å². The molecule has 0 unspecified atom stereocenters. The summed E-state index contributed by atoms with van der Waals surface area (Å²) in [6.07, 6.45) is 1.04. The first kappa shape index (κ1) is 21.4. The molecule has 2 aromatic rings. The Kier molecular flexibility index (Phi) is 6.45. The molecule has 0 heterocycles. The molecule has 0 aliphatic carbocycles. The van der Waals surface area contributed by atoms with Gasteiger partial charge in [-0.3, -0.25) is 13.9 Å². The van der Waals surface area contributed by atoms with E-state index in [-0.39, 0.29) is 12.5 Å². The minimum absolute atomic E-state index is 0.190. The third-order valence-corrected chi connectivity index (χ3v) is 5.43. The second-order valence-corrected chi connectivity index (χ2v) is 8.77. The second-order valence-electron chi connectivity index (χ2n) is 6.86. The van der Waals surface area contributed by atoms with Crippen molar-refractivity contribution < 1.29 is 18.0 Å². The molecule has 0 aliphatic rings. The number of hydrogen-bond donors (Lipinski definition) is 1. The van der Waals surface area contributed by atoms with Crippen molar-refractivity contribution in [3.8, 4) is 0 Å². The molecule has 0 aliphatic heterocycles. The Balaban J connectivity index is 2.21. The Morgan fingerprint density at radius 3 is 2.07 bits per heavy atom. The van der Waals surface area contributed by atoms with Crippen molar-refractivity contribution in [3.05, 3.63) is 59.2 Å². The maximum atomic E-state index is 12.4. The first-order valence-corrected chi connectivity index (χ1v) is 10.5. The summed E-state index contributed by atoms with van der Waals surface area (Å²) < 4.78 is 25.4. The Hall–Kier alpha value is -2.87. The van der Waals surface area contributed by atoms with Crippen molar-refractivity contribution in [2.24, 2.45) is 0 Å². The molecule has 2 aromatic carbocycles. The topological polar surface area (TPSA) is 86.8 Å². The minimum atomic E-state index is -3.69. The Morgan fingerprint density at radius 2 is 1.57 bits per heavy atom. The highest BCUT2D eigenvalue weighted by molar-refractivity contribution is 7.92. The van der Waals surface area contributed by atoms with Gasteiger partial charge in [-0.1, -0.05) is 6.07 Å². The molecule has 8 heteroatoms. The summed E-state index contributed by atoms with van der Waals surface area (Å²) in [6.45, 7) is 3.54. The molecule has 2 rings (SSSR count). The van der Waals surface area contributed by atoms with Gasteiger partial charge in [0.2, 0.25) is 15.9 Å². The van der Waals surface area contributed by atoms with E-state index in [1.165, 1.54) is 29.2 Å². The van der Waals surface area contributed by atoms with Crippen molar-refractivity contribution in [3.63, 3.8) is 0 Å². The quantitative estimate of drug-likeness (QED) is 0.802. The summed E-state index contributed by atoms with van der Waals surface area (Å²) >= 11 is 0. The van der Waals surface area contributed by atoms with Crippen LogP contribution in [0.25, 0.3) is 0 Å². The number of sulfonamides is 1. The molecular weight excluding hydrogens is 378 g/mol. The minimum Gasteiger partial charge on any atom is -0.345 e. The number of nitrogens with one attached hydrogen (secondary N) is 1. The number of nitrogens with zero attached hydrogens (tertiary/aromatic N) is 2. The first-order valence-electron chi connectivity index (χ1n) is 8.65. The van der Waals surface area contributed by atoms with E-state index in [9.17, 15) is 18.0 Å². The average molecular weight is 404 g/mol. The number of amides is 2. The van der Waals surface area contributed by atoms with Crippen LogP contribution >= 0.6 is 0 Å². The van der Waals surface area contributed by atoms with Crippen LogP contribution in [-0.4, -0.2) is 52.0 Å². The highest BCUT2D eigenvalue weighted by atomic mass is 32.2. The maximum Gasteiger partial charge on any atom is 0.253 e. The van der Waals surface area contributed by atoms with Crippen LogP contribution in [0.2, 0.25) is 0 Å². The molecule has 0 radical (unpaired) electrons. The van der Waals surface area contributed by atoms with E-state index in [0.29, 0.717) is 16.9 Å². The number of rotatable bonds is 6. The summed E-state index contributed by atoms with van der Waals surface area (Å²) in [5.74, 6) is -0.646. The lowest BCUT2D eigenvalue weighted by Crippen LogP contribution is -2.37. The molecule has 0 saturated carbocycles. The largest absolute Gasteiger partial charge is 0.345 e. The third kappa shape index (κ3) is 5.32. The molecule has 1 N–H and O–H groups in total. The SMILES string of the molecule is Cc1ccc(NC(=O)CN(c2ccc(C(=O)N(C)C)cc2)S(C)(=O)=O)cc1C. The van der Waals surface area contributed by atoms with Crippen LogP contribution in [0.3, 0.4) is 0 Å². The zero-order valence-electron chi connectivity index (χ0n) is 16.7. The van der Waals surface area contributed by atoms with Gasteiger partial charge in [-0.2, -0.15) is 0 Å². The number of hydrogen-bond acceptors (Lipinski definition) is 4. The third-order valence-electron chi connectivity index (χ3n) is 4.29. The summed E-state index contributed by atoms with van der Waals surface area (Å²) in [5, 5.41) is 2.72. The van der Waals surface area contributed by atoms with Gasteiger partial charge in [-0.05, 0) is 61.4 Å². The van der Waals surface area contributed by atoms with Crippen LogP contribution in [-0.2, 0) is 14.8 Å². The lowest BCUT2D eigenvalue weighted by atomic mass is 10.1. The van der Waals surface area contributed by atoms with Crippen LogP contribution in [0.4, 0.5) is 11.4 Å². The summed E-state index contributed by atoms with van der Waals surface area (Å²) in [7, 11) is -0.422. The molecule has 2 amide bonds. The Bertz CT molecular complexity index is 983. The van der Waals surface area contributed by atoms with Crippen molar-refractivity contribution in [1.29, 1.82) is 0 Å². The first-order chi connectivity index (χ1) is 13.0. The number of carbonyl (C=O) groups is 2. The number of aryl methyl sites for hydroxylation is 2. The number of carbonyl (C=O) groups excluding carboxylic acids is 2. The van der Waals surface area contributed by atoms with E-state index in [1.807, 2.05) is 26.0 Å². The van der Waals surface area contributed by atoms with Crippen molar-refractivity contribution in [2.45, 2.75) is 13.8 Å². The van der Waals surface area contributed by atoms with Crippen LogP contribution < -0.4 is 9.62 Å². The fraction of sp³-hybridized carbons (Fsp3) is 0.300. The van der Waals surface area contributed by atoms with Crippen LogP contribution in [0.15, 0.2) is 42.5 Å². The van der Waals surface area contributed by atoms with Crippen LogP contribution in [0.1, 0.15) is 21.5 Å². The predicted molar refractivity (Wildman–Crippen MR) is 111 cm³/mol. The van der Waals surface area contributed by atoms with Gasteiger partial charge < -0.3 is 10.2 Å².